The summed E-state index contributed by atoms with van der Waals surface area (Å²) in [5.74, 6) is 0.868. The van der Waals surface area contributed by atoms with Crippen molar-refractivity contribution in [3.63, 3.8) is 0 Å². The lowest BCUT2D eigenvalue weighted by molar-refractivity contribution is -0.122. The van der Waals surface area contributed by atoms with Gasteiger partial charge in [-0.15, -0.1) is 0 Å². The summed E-state index contributed by atoms with van der Waals surface area (Å²) < 4.78 is 1.99. The van der Waals surface area contributed by atoms with E-state index in [1.807, 2.05) is 60.0 Å². The molecule has 0 saturated carbocycles. The van der Waals surface area contributed by atoms with Gasteiger partial charge < -0.3 is 9.88 Å². The zero-order chi connectivity index (χ0) is 17.8. The molecule has 0 saturated heterocycles. The molecule has 5 heteroatoms. The van der Waals surface area contributed by atoms with Crippen molar-refractivity contribution in [3.8, 4) is 0 Å². The number of amides is 1. The first-order chi connectivity index (χ1) is 12.1. The highest BCUT2D eigenvalue weighted by Gasteiger charge is 2.15. The number of rotatable bonds is 6. The fraction of sp³-hybridized carbons (Fsp3) is 0.300. The molecule has 2 aromatic carbocycles. The molecule has 130 valence electrons. The Morgan fingerprint density at radius 1 is 1.24 bits per heavy atom. The first-order valence-electron chi connectivity index (χ1n) is 8.54. The van der Waals surface area contributed by atoms with Crippen LogP contribution < -0.4 is 5.32 Å². The SMILES string of the molecule is CC[C@@H](C)NC(=O)Cn1c(Cc2cccc(Cl)c2)nc2ccccc21. The molecular weight excluding hydrogens is 334 g/mol. The van der Waals surface area contributed by atoms with Crippen LogP contribution in [0, 0.1) is 0 Å². The molecule has 1 atom stereocenters. The maximum absolute atomic E-state index is 12.4. The molecule has 0 aliphatic rings. The van der Waals surface area contributed by atoms with Crippen molar-refractivity contribution >= 4 is 28.5 Å². The predicted molar refractivity (Wildman–Crippen MR) is 102 cm³/mol. The van der Waals surface area contributed by atoms with Crippen LogP contribution in [0.25, 0.3) is 11.0 Å². The molecule has 1 heterocycles. The van der Waals surface area contributed by atoms with Crippen molar-refractivity contribution in [3.05, 3.63) is 64.9 Å². The zero-order valence-corrected chi connectivity index (χ0v) is 15.3. The minimum Gasteiger partial charge on any atom is -0.352 e. The van der Waals surface area contributed by atoms with Gasteiger partial charge in [0.2, 0.25) is 5.91 Å². The molecule has 0 radical (unpaired) electrons. The molecule has 4 nitrogen and oxygen atoms in total. The number of benzene rings is 2. The summed E-state index contributed by atoms with van der Waals surface area (Å²) in [4.78, 5) is 17.1. The molecule has 0 unspecified atom stereocenters. The normalized spacial score (nSPS) is 12.3. The van der Waals surface area contributed by atoms with Crippen LogP contribution in [0.1, 0.15) is 31.7 Å². The van der Waals surface area contributed by atoms with Gasteiger partial charge in [-0.3, -0.25) is 4.79 Å². The van der Waals surface area contributed by atoms with Gasteiger partial charge in [0.1, 0.15) is 12.4 Å². The van der Waals surface area contributed by atoms with Crippen molar-refractivity contribution in [1.29, 1.82) is 0 Å². The van der Waals surface area contributed by atoms with Crippen LogP contribution in [-0.4, -0.2) is 21.5 Å². The summed E-state index contributed by atoms with van der Waals surface area (Å²) in [7, 11) is 0. The Hall–Kier alpha value is -2.33. The average molecular weight is 356 g/mol. The van der Waals surface area contributed by atoms with Crippen molar-refractivity contribution < 1.29 is 4.79 Å². The third kappa shape index (κ3) is 4.20. The Kier molecular flexibility index (Phi) is 5.39. The van der Waals surface area contributed by atoms with E-state index in [1.54, 1.807) is 0 Å². The highest BCUT2D eigenvalue weighted by molar-refractivity contribution is 6.30. The fourth-order valence-electron chi connectivity index (χ4n) is 2.83. The number of fused-ring (bicyclic) bond motifs is 1. The van der Waals surface area contributed by atoms with Crippen LogP contribution in [0.5, 0.6) is 0 Å². The molecule has 0 bridgehead atoms. The summed E-state index contributed by atoms with van der Waals surface area (Å²) in [6.45, 7) is 4.33. The Labute approximate surface area is 152 Å². The molecule has 3 rings (SSSR count). The topological polar surface area (TPSA) is 46.9 Å². The monoisotopic (exact) mass is 355 g/mol. The number of nitrogens with one attached hydrogen (secondary N) is 1. The van der Waals surface area contributed by atoms with Crippen LogP contribution in [-0.2, 0) is 17.8 Å². The van der Waals surface area contributed by atoms with Crippen LogP contribution in [0.15, 0.2) is 48.5 Å². The summed E-state index contributed by atoms with van der Waals surface area (Å²) in [6, 6.07) is 15.8. The molecule has 1 N–H and O–H groups in total. The zero-order valence-electron chi connectivity index (χ0n) is 14.5. The minimum absolute atomic E-state index is 0.00449. The molecule has 0 fully saturated rings. The maximum Gasteiger partial charge on any atom is 0.240 e. The van der Waals surface area contributed by atoms with Crippen molar-refractivity contribution in [1.82, 2.24) is 14.9 Å². The first kappa shape index (κ1) is 17.5. The fourth-order valence-corrected chi connectivity index (χ4v) is 3.05. The van der Waals surface area contributed by atoms with Crippen LogP contribution in [0.3, 0.4) is 0 Å². The Balaban J connectivity index is 1.93. The number of aromatic nitrogens is 2. The third-order valence-corrected chi connectivity index (χ3v) is 4.54. The van der Waals surface area contributed by atoms with Gasteiger partial charge >= 0.3 is 0 Å². The third-order valence-electron chi connectivity index (χ3n) is 4.31. The molecular formula is C20H22ClN3O. The predicted octanol–water partition coefficient (Wildman–Crippen LogP) is 4.20. The van der Waals surface area contributed by atoms with Gasteiger partial charge in [0, 0.05) is 17.5 Å². The quantitative estimate of drug-likeness (QED) is 0.720. The maximum atomic E-state index is 12.4. The Morgan fingerprint density at radius 2 is 2.04 bits per heavy atom. The van der Waals surface area contributed by atoms with Gasteiger partial charge in [-0.2, -0.15) is 0 Å². The first-order valence-corrected chi connectivity index (χ1v) is 8.92. The molecule has 0 aliphatic carbocycles. The van der Waals surface area contributed by atoms with Gasteiger partial charge in [0.25, 0.3) is 0 Å². The molecule has 0 spiro atoms. The Bertz CT molecular complexity index is 888. The summed E-state index contributed by atoms with van der Waals surface area (Å²) in [5.41, 5.74) is 2.95. The van der Waals surface area contributed by atoms with Gasteiger partial charge in [-0.1, -0.05) is 42.8 Å². The smallest absolute Gasteiger partial charge is 0.240 e. The number of hydrogen-bond acceptors (Lipinski definition) is 2. The number of imidazole rings is 1. The van der Waals surface area contributed by atoms with Crippen LogP contribution >= 0.6 is 11.6 Å². The van der Waals surface area contributed by atoms with Crippen molar-refractivity contribution in [2.45, 2.75) is 39.3 Å². The summed E-state index contributed by atoms with van der Waals surface area (Å²) >= 11 is 6.10. The van der Waals surface area contributed by atoms with E-state index in [1.165, 1.54) is 0 Å². The molecule has 1 amide bonds. The highest BCUT2D eigenvalue weighted by atomic mass is 35.5. The van der Waals surface area contributed by atoms with E-state index in [0.29, 0.717) is 11.4 Å². The Morgan fingerprint density at radius 3 is 2.80 bits per heavy atom. The number of para-hydroxylation sites is 2. The summed E-state index contributed by atoms with van der Waals surface area (Å²) in [6.07, 6.45) is 1.54. The number of hydrogen-bond donors (Lipinski definition) is 1. The van der Waals surface area contributed by atoms with E-state index < -0.39 is 0 Å². The van der Waals surface area contributed by atoms with Gasteiger partial charge in [0.15, 0.2) is 0 Å². The van der Waals surface area contributed by atoms with E-state index in [0.717, 1.165) is 28.8 Å². The number of halogens is 1. The van der Waals surface area contributed by atoms with E-state index in [4.69, 9.17) is 16.6 Å². The second-order valence-corrected chi connectivity index (χ2v) is 6.72. The van der Waals surface area contributed by atoms with Crippen LogP contribution in [0.2, 0.25) is 5.02 Å². The number of carbonyl (C=O) groups excluding carboxylic acids is 1. The van der Waals surface area contributed by atoms with E-state index in [-0.39, 0.29) is 18.5 Å². The second-order valence-electron chi connectivity index (χ2n) is 6.29. The number of carbonyl (C=O) groups is 1. The lowest BCUT2D eigenvalue weighted by Gasteiger charge is -2.14. The van der Waals surface area contributed by atoms with Gasteiger partial charge in [-0.05, 0) is 43.2 Å². The standard InChI is InChI=1S/C20H22ClN3O/c1-3-14(2)22-20(25)13-24-18-10-5-4-9-17(18)23-19(24)12-15-7-6-8-16(21)11-15/h4-11,14H,3,12-13H2,1-2H3,(H,22,25)/t14-/m1/s1. The average Bonchev–Trinajstić information content (AvgIpc) is 2.92. The highest BCUT2D eigenvalue weighted by Crippen LogP contribution is 2.20. The lowest BCUT2D eigenvalue weighted by atomic mass is 10.1. The van der Waals surface area contributed by atoms with E-state index in [9.17, 15) is 4.79 Å². The second kappa shape index (κ2) is 7.70. The van der Waals surface area contributed by atoms with Gasteiger partial charge in [-0.25, -0.2) is 4.98 Å². The van der Waals surface area contributed by atoms with Crippen molar-refractivity contribution in [2.75, 3.05) is 0 Å². The molecule has 25 heavy (non-hydrogen) atoms. The number of nitrogens with zero attached hydrogens (tertiary/aromatic N) is 2. The molecule has 0 aliphatic heterocycles. The summed E-state index contributed by atoms with van der Waals surface area (Å²) in [5, 5.41) is 3.73. The van der Waals surface area contributed by atoms with Crippen LogP contribution in [0.4, 0.5) is 0 Å². The van der Waals surface area contributed by atoms with E-state index in [2.05, 4.69) is 12.2 Å². The molecule has 3 aromatic rings. The molecule has 1 aromatic heterocycles. The lowest BCUT2D eigenvalue weighted by Crippen LogP contribution is -2.34. The van der Waals surface area contributed by atoms with Gasteiger partial charge in [0.05, 0.1) is 11.0 Å². The van der Waals surface area contributed by atoms with E-state index >= 15 is 0 Å². The minimum atomic E-state index is 0.00449. The van der Waals surface area contributed by atoms with Crippen molar-refractivity contribution in [2.24, 2.45) is 0 Å². The largest absolute Gasteiger partial charge is 0.352 e.